The van der Waals surface area contributed by atoms with Crippen molar-refractivity contribution in [3.05, 3.63) is 35.9 Å². The summed E-state index contributed by atoms with van der Waals surface area (Å²) in [6, 6.07) is 7.28. The second kappa shape index (κ2) is 9.33. The number of carboxylic acid groups (broad SMARTS) is 1. The number of alkyl halides is 1. The lowest BCUT2D eigenvalue weighted by Gasteiger charge is -2.22. The van der Waals surface area contributed by atoms with Crippen molar-refractivity contribution in [2.75, 3.05) is 0 Å². The van der Waals surface area contributed by atoms with Gasteiger partial charge >= 0.3 is 12.1 Å². The van der Waals surface area contributed by atoms with Crippen LogP contribution in [0.4, 0.5) is 4.79 Å². The molecule has 0 spiro atoms. The van der Waals surface area contributed by atoms with Gasteiger partial charge in [0, 0.05) is 0 Å². The maximum Gasteiger partial charge on any atom is 0.408 e. The van der Waals surface area contributed by atoms with Crippen LogP contribution in [0.3, 0.4) is 0 Å². The highest BCUT2D eigenvalue weighted by atomic mass is 35.5. The van der Waals surface area contributed by atoms with Crippen LogP contribution in [0.1, 0.15) is 32.8 Å². The first-order chi connectivity index (χ1) is 12.0. The Morgan fingerprint density at radius 1 is 1.12 bits per heavy atom. The third kappa shape index (κ3) is 7.65. The summed E-state index contributed by atoms with van der Waals surface area (Å²) in [6.45, 7) is 4.83. The molecule has 1 aromatic rings. The lowest BCUT2D eigenvalue weighted by atomic mass is 9.99. The van der Waals surface area contributed by atoms with Gasteiger partial charge < -0.3 is 15.2 Å². The number of amides is 1. The summed E-state index contributed by atoms with van der Waals surface area (Å²) < 4.78 is 5.00. The van der Waals surface area contributed by atoms with E-state index in [0.717, 1.165) is 5.56 Å². The van der Waals surface area contributed by atoms with Crippen LogP contribution < -0.4 is 5.32 Å². The van der Waals surface area contributed by atoms with Crippen molar-refractivity contribution in [2.24, 2.45) is 0 Å². The molecular weight excluding hydrogens is 362 g/mol. The van der Waals surface area contributed by atoms with Gasteiger partial charge in [0.15, 0.2) is 0 Å². The van der Waals surface area contributed by atoms with Crippen LogP contribution in [0.2, 0.25) is 0 Å². The number of ether oxygens (including phenoxy) is 1. The van der Waals surface area contributed by atoms with Gasteiger partial charge in [0.1, 0.15) is 17.0 Å². The van der Waals surface area contributed by atoms with Gasteiger partial charge in [-0.3, -0.25) is 14.4 Å². The lowest BCUT2D eigenvalue weighted by Crippen LogP contribution is -2.48. The zero-order valence-electron chi connectivity index (χ0n) is 14.8. The molecule has 0 saturated heterocycles. The van der Waals surface area contributed by atoms with E-state index in [0.29, 0.717) is 0 Å². The smallest absolute Gasteiger partial charge is 0.408 e. The minimum absolute atomic E-state index is 0.110. The first kappa shape index (κ1) is 21.6. The third-order valence-corrected chi connectivity index (χ3v) is 3.52. The van der Waals surface area contributed by atoms with Gasteiger partial charge in [0.2, 0.25) is 11.6 Å². The molecule has 0 aliphatic rings. The van der Waals surface area contributed by atoms with Gasteiger partial charge in [0.25, 0.3) is 0 Å². The van der Waals surface area contributed by atoms with Crippen LogP contribution in [0.25, 0.3) is 0 Å². The van der Waals surface area contributed by atoms with E-state index in [1.165, 1.54) is 0 Å². The Labute approximate surface area is 156 Å². The number of hydrogen-bond donors (Lipinski definition) is 2. The number of Topliss-reactive ketones (excluding diaryl/α,β-unsaturated/α-hetero) is 2. The highest BCUT2D eigenvalue weighted by molar-refractivity contribution is 6.51. The first-order valence-electron chi connectivity index (χ1n) is 7.97. The predicted molar refractivity (Wildman–Crippen MR) is 95.2 cm³/mol. The molecule has 2 atom stereocenters. The highest BCUT2D eigenvalue weighted by Gasteiger charge is 2.33. The molecule has 0 aliphatic carbocycles. The molecule has 0 aliphatic heterocycles. The molecular formula is C18H22ClNO6. The molecule has 7 nitrogen and oxygen atoms in total. The number of rotatable bonds is 8. The Balaban J connectivity index is 2.81. The van der Waals surface area contributed by atoms with E-state index in [-0.39, 0.29) is 6.42 Å². The Morgan fingerprint density at radius 3 is 2.19 bits per heavy atom. The summed E-state index contributed by atoms with van der Waals surface area (Å²) in [7, 11) is 0. The van der Waals surface area contributed by atoms with Crippen molar-refractivity contribution in [2.45, 2.75) is 50.6 Å². The van der Waals surface area contributed by atoms with Crippen molar-refractivity contribution >= 4 is 35.2 Å². The molecule has 0 fully saturated rings. The van der Waals surface area contributed by atoms with E-state index in [1.54, 1.807) is 51.1 Å². The van der Waals surface area contributed by atoms with Crippen LogP contribution in [-0.4, -0.2) is 45.8 Å². The molecule has 1 aromatic carbocycles. The van der Waals surface area contributed by atoms with E-state index in [2.05, 4.69) is 5.32 Å². The van der Waals surface area contributed by atoms with Gasteiger partial charge in [-0.05, 0) is 32.8 Å². The van der Waals surface area contributed by atoms with E-state index in [4.69, 9.17) is 21.4 Å². The predicted octanol–water partition coefficient (Wildman–Crippen LogP) is 2.34. The van der Waals surface area contributed by atoms with Crippen LogP contribution in [-0.2, 0) is 25.5 Å². The zero-order valence-corrected chi connectivity index (χ0v) is 15.6. The largest absolute Gasteiger partial charge is 0.481 e. The van der Waals surface area contributed by atoms with Gasteiger partial charge in [0.05, 0.1) is 6.42 Å². The normalized spacial score (nSPS) is 13.4. The summed E-state index contributed by atoms with van der Waals surface area (Å²) in [6.07, 6.45) is -1.63. The molecule has 1 amide bonds. The number of carbonyl (C=O) groups excluding carboxylic acids is 3. The second-order valence-corrected chi connectivity index (χ2v) is 7.21. The Bertz CT molecular complexity index is 668. The minimum atomic E-state index is -1.55. The number of carboxylic acids is 1. The number of halogens is 1. The van der Waals surface area contributed by atoms with Crippen LogP contribution in [0.5, 0.6) is 0 Å². The van der Waals surface area contributed by atoms with Crippen molar-refractivity contribution in [1.82, 2.24) is 5.32 Å². The number of alkyl carbamates (subject to hydrolysis) is 1. The van der Waals surface area contributed by atoms with Gasteiger partial charge in [-0.25, -0.2) is 4.79 Å². The van der Waals surface area contributed by atoms with Crippen LogP contribution in [0.15, 0.2) is 30.3 Å². The Kier molecular flexibility index (Phi) is 7.76. The molecule has 1 unspecified atom stereocenters. The quantitative estimate of drug-likeness (QED) is 0.526. The second-order valence-electron chi connectivity index (χ2n) is 6.68. The van der Waals surface area contributed by atoms with Gasteiger partial charge in [-0.2, -0.15) is 0 Å². The molecule has 2 N–H and O–H groups in total. The number of ketones is 2. The van der Waals surface area contributed by atoms with Gasteiger partial charge in [-0.15, -0.1) is 11.6 Å². The molecule has 142 valence electrons. The number of aliphatic carboxylic acids is 1. The summed E-state index contributed by atoms with van der Waals surface area (Å²) >= 11 is 6.02. The van der Waals surface area contributed by atoms with Gasteiger partial charge in [-0.1, -0.05) is 30.3 Å². The standard InChI is InChI=1S/C18H22ClNO6/c1-18(2,3)26-17(25)20-13(10-14(21)22)16(24)15(23)12(19)9-11-7-5-4-6-8-11/h4-8,12-13H,9-10H2,1-3H3,(H,20,25)(H,21,22)/t12?,13-/m0/s1. The molecule has 26 heavy (non-hydrogen) atoms. The van der Waals surface area contributed by atoms with Crippen molar-refractivity contribution < 1.29 is 29.0 Å². The Hall–Kier alpha value is -2.41. The summed E-state index contributed by atoms with van der Waals surface area (Å²) in [4.78, 5) is 47.4. The number of hydrogen-bond acceptors (Lipinski definition) is 5. The molecule has 0 radical (unpaired) electrons. The molecule has 0 bridgehead atoms. The fraction of sp³-hybridized carbons (Fsp3) is 0.444. The highest BCUT2D eigenvalue weighted by Crippen LogP contribution is 2.12. The summed E-state index contributed by atoms with van der Waals surface area (Å²) in [5, 5.41) is 9.91. The first-order valence-corrected chi connectivity index (χ1v) is 8.40. The van der Waals surface area contributed by atoms with Crippen molar-refractivity contribution in [3.63, 3.8) is 0 Å². The maximum absolute atomic E-state index is 12.3. The topological polar surface area (TPSA) is 110 Å². The average Bonchev–Trinajstić information content (AvgIpc) is 2.51. The van der Waals surface area contributed by atoms with E-state index in [9.17, 15) is 19.2 Å². The number of carbonyl (C=O) groups is 4. The number of nitrogens with one attached hydrogen (secondary N) is 1. The number of benzene rings is 1. The van der Waals surface area contributed by atoms with Crippen LogP contribution in [0, 0.1) is 0 Å². The van der Waals surface area contributed by atoms with Crippen molar-refractivity contribution in [1.29, 1.82) is 0 Å². The van der Waals surface area contributed by atoms with Crippen LogP contribution >= 0.6 is 11.6 Å². The summed E-state index contributed by atoms with van der Waals surface area (Å²) in [5.74, 6) is -3.38. The fourth-order valence-electron chi connectivity index (χ4n) is 2.07. The molecule has 1 rings (SSSR count). The van der Waals surface area contributed by atoms with E-state index in [1.807, 2.05) is 0 Å². The maximum atomic E-state index is 12.3. The van der Waals surface area contributed by atoms with E-state index < -0.39 is 47.1 Å². The zero-order chi connectivity index (χ0) is 19.9. The Morgan fingerprint density at radius 2 is 1.69 bits per heavy atom. The minimum Gasteiger partial charge on any atom is -0.481 e. The lowest BCUT2D eigenvalue weighted by molar-refractivity contribution is -0.142. The molecule has 0 heterocycles. The molecule has 0 saturated carbocycles. The van der Waals surface area contributed by atoms with Crippen molar-refractivity contribution in [3.8, 4) is 0 Å². The average molecular weight is 384 g/mol. The third-order valence-electron chi connectivity index (χ3n) is 3.17. The molecule has 8 heteroatoms. The monoisotopic (exact) mass is 383 g/mol. The molecule has 0 aromatic heterocycles. The SMILES string of the molecule is CC(C)(C)OC(=O)N[C@@H](CC(=O)O)C(=O)C(=O)C(Cl)Cc1ccccc1. The summed E-state index contributed by atoms with van der Waals surface area (Å²) in [5.41, 5.74) is -0.0868. The van der Waals surface area contributed by atoms with E-state index >= 15 is 0 Å². The fourth-order valence-corrected chi connectivity index (χ4v) is 2.36.